The average molecular weight is 287 g/mol. The largest absolute Gasteiger partial charge is 0.0890 e. The molecule has 16 heavy (non-hydrogen) atoms. The zero-order valence-corrected chi connectivity index (χ0v) is 12.2. The average Bonchev–Trinajstić information content (AvgIpc) is 2.31. The molecule has 0 radical (unpaired) electrons. The van der Waals surface area contributed by atoms with Crippen LogP contribution in [0, 0.1) is 11.8 Å². The van der Waals surface area contributed by atoms with E-state index in [0.29, 0.717) is 0 Å². The van der Waals surface area contributed by atoms with Gasteiger partial charge >= 0.3 is 0 Å². The third-order valence-corrected chi connectivity index (χ3v) is 5.38. The van der Waals surface area contributed by atoms with Crippen LogP contribution >= 0.6 is 15.9 Å². The highest BCUT2D eigenvalue weighted by atomic mass is 79.9. The van der Waals surface area contributed by atoms with Crippen LogP contribution in [0.1, 0.15) is 77.0 Å². The van der Waals surface area contributed by atoms with E-state index in [4.69, 9.17) is 0 Å². The highest BCUT2D eigenvalue weighted by Crippen LogP contribution is 2.34. The van der Waals surface area contributed by atoms with E-state index in [2.05, 4.69) is 15.9 Å². The molecule has 0 aromatic rings. The Morgan fingerprint density at radius 1 is 0.688 bits per heavy atom. The molecule has 0 N–H and O–H groups in total. The lowest BCUT2D eigenvalue weighted by molar-refractivity contribution is 0.298. The van der Waals surface area contributed by atoms with Crippen LogP contribution in [0.5, 0.6) is 0 Å². The second-order valence-corrected chi connectivity index (χ2v) is 7.37. The molecule has 1 heteroatoms. The fraction of sp³-hybridized carbons (Fsp3) is 1.00. The summed E-state index contributed by atoms with van der Waals surface area (Å²) in [6.45, 7) is 0. The summed E-state index contributed by atoms with van der Waals surface area (Å²) < 4.78 is 0. The zero-order valence-electron chi connectivity index (χ0n) is 10.6. The van der Waals surface area contributed by atoms with Gasteiger partial charge in [0.15, 0.2) is 0 Å². The molecule has 0 heterocycles. The van der Waals surface area contributed by atoms with Crippen LogP contribution in [0.4, 0.5) is 0 Å². The van der Waals surface area contributed by atoms with E-state index < -0.39 is 0 Å². The smallest absolute Gasteiger partial charge is 0.0151 e. The second kappa shape index (κ2) is 7.03. The van der Waals surface area contributed by atoms with Crippen LogP contribution in [0.15, 0.2) is 0 Å². The fourth-order valence-corrected chi connectivity index (χ4v) is 4.72. The summed E-state index contributed by atoms with van der Waals surface area (Å²) in [4.78, 5) is 0.818. The van der Waals surface area contributed by atoms with Gasteiger partial charge in [0.1, 0.15) is 0 Å². The monoisotopic (exact) mass is 286 g/mol. The van der Waals surface area contributed by atoms with Gasteiger partial charge in [-0.3, -0.25) is 0 Å². The number of rotatable bonds is 4. The van der Waals surface area contributed by atoms with Crippen molar-refractivity contribution >= 4 is 15.9 Å². The predicted molar refractivity (Wildman–Crippen MR) is 75.1 cm³/mol. The van der Waals surface area contributed by atoms with Gasteiger partial charge in [0.05, 0.1) is 0 Å². The normalized spacial score (nSPS) is 25.1. The summed E-state index contributed by atoms with van der Waals surface area (Å²) >= 11 is 3.95. The van der Waals surface area contributed by atoms with Crippen molar-refractivity contribution in [3.8, 4) is 0 Å². The van der Waals surface area contributed by atoms with Crippen LogP contribution < -0.4 is 0 Å². The van der Waals surface area contributed by atoms with Crippen molar-refractivity contribution in [3.63, 3.8) is 0 Å². The van der Waals surface area contributed by atoms with Crippen molar-refractivity contribution in [2.24, 2.45) is 11.8 Å². The lowest BCUT2D eigenvalue weighted by atomic mass is 9.82. The van der Waals surface area contributed by atoms with Crippen LogP contribution in [0.2, 0.25) is 0 Å². The van der Waals surface area contributed by atoms with Crippen molar-refractivity contribution in [3.05, 3.63) is 0 Å². The Balaban J connectivity index is 1.64. The molecule has 2 fully saturated rings. The van der Waals surface area contributed by atoms with E-state index in [1.165, 1.54) is 77.0 Å². The molecular weight excluding hydrogens is 260 g/mol. The molecule has 0 aromatic heterocycles. The van der Waals surface area contributed by atoms with E-state index in [9.17, 15) is 0 Å². The van der Waals surface area contributed by atoms with Gasteiger partial charge in [-0.2, -0.15) is 0 Å². The summed E-state index contributed by atoms with van der Waals surface area (Å²) in [5.74, 6) is 2.09. The summed E-state index contributed by atoms with van der Waals surface area (Å²) in [7, 11) is 0. The first-order chi connectivity index (χ1) is 7.84. The fourth-order valence-electron chi connectivity index (χ4n) is 3.67. The number of alkyl halides is 1. The van der Waals surface area contributed by atoms with Gasteiger partial charge in [-0.25, -0.2) is 0 Å². The molecular formula is C15H27Br. The van der Waals surface area contributed by atoms with E-state index in [0.717, 1.165) is 16.7 Å². The minimum absolute atomic E-state index is 0.818. The molecule has 2 rings (SSSR count). The third-order valence-electron chi connectivity index (χ3n) is 4.63. The third kappa shape index (κ3) is 4.39. The Hall–Kier alpha value is 0.480. The molecule has 0 unspecified atom stereocenters. The highest BCUT2D eigenvalue weighted by Gasteiger charge is 2.21. The Labute approximate surface area is 110 Å². The molecule has 94 valence electrons. The maximum atomic E-state index is 3.95. The summed E-state index contributed by atoms with van der Waals surface area (Å²) in [6.07, 6.45) is 17.9. The first-order valence-electron chi connectivity index (χ1n) is 7.48. The quantitative estimate of drug-likeness (QED) is 0.583. The lowest BCUT2D eigenvalue weighted by Crippen LogP contribution is -2.16. The van der Waals surface area contributed by atoms with Crippen molar-refractivity contribution in [1.82, 2.24) is 0 Å². The molecule has 0 nitrogen and oxygen atoms in total. The van der Waals surface area contributed by atoms with Crippen molar-refractivity contribution in [1.29, 1.82) is 0 Å². The SMILES string of the molecule is BrC(CC1CCCCC1)CC1CCCCC1. The summed E-state index contributed by atoms with van der Waals surface area (Å²) in [6, 6.07) is 0. The van der Waals surface area contributed by atoms with E-state index in [-0.39, 0.29) is 0 Å². The molecule has 0 bridgehead atoms. The zero-order chi connectivity index (χ0) is 11.2. The van der Waals surface area contributed by atoms with E-state index >= 15 is 0 Å². The van der Waals surface area contributed by atoms with E-state index in [1.54, 1.807) is 0 Å². The number of hydrogen-bond donors (Lipinski definition) is 0. The van der Waals surface area contributed by atoms with Crippen LogP contribution in [0.25, 0.3) is 0 Å². The predicted octanol–water partition coefficient (Wildman–Crippen LogP) is 5.69. The van der Waals surface area contributed by atoms with E-state index in [1.807, 2.05) is 0 Å². The van der Waals surface area contributed by atoms with Crippen molar-refractivity contribution in [2.75, 3.05) is 0 Å². The molecule has 0 atom stereocenters. The standard InChI is InChI=1S/C15H27Br/c16-15(11-13-7-3-1-4-8-13)12-14-9-5-2-6-10-14/h13-15H,1-12H2. The first-order valence-corrected chi connectivity index (χ1v) is 8.40. The van der Waals surface area contributed by atoms with Gasteiger partial charge in [-0.05, 0) is 24.7 Å². The van der Waals surface area contributed by atoms with Gasteiger partial charge in [0, 0.05) is 4.83 Å². The highest BCUT2D eigenvalue weighted by molar-refractivity contribution is 9.09. The second-order valence-electron chi connectivity index (χ2n) is 6.08. The first kappa shape index (κ1) is 12.9. The Morgan fingerprint density at radius 2 is 1.06 bits per heavy atom. The van der Waals surface area contributed by atoms with Crippen LogP contribution in [-0.4, -0.2) is 4.83 Å². The molecule has 0 amide bonds. The molecule has 2 aliphatic carbocycles. The topological polar surface area (TPSA) is 0 Å². The van der Waals surface area contributed by atoms with Gasteiger partial charge in [-0.1, -0.05) is 80.1 Å². The minimum atomic E-state index is 0.818. The minimum Gasteiger partial charge on any atom is -0.0890 e. The Kier molecular flexibility index (Phi) is 5.68. The van der Waals surface area contributed by atoms with Crippen LogP contribution in [-0.2, 0) is 0 Å². The number of hydrogen-bond acceptors (Lipinski definition) is 0. The Morgan fingerprint density at radius 3 is 1.44 bits per heavy atom. The summed E-state index contributed by atoms with van der Waals surface area (Å²) in [5, 5.41) is 0. The van der Waals surface area contributed by atoms with Gasteiger partial charge in [-0.15, -0.1) is 0 Å². The van der Waals surface area contributed by atoms with Crippen LogP contribution in [0.3, 0.4) is 0 Å². The Bertz CT molecular complexity index is 158. The maximum Gasteiger partial charge on any atom is 0.0151 e. The van der Waals surface area contributed by atoms with Gasteiger partial charge in [0.25, 0.3) is 0 Å². The molecule has 0 saturated heterocycles. The summed E-state index contributed by atoms with van der Waals surface area (Å²) in [5.41, 5.74) is 0. The number of halogens is 1. The van der Waals surface area contributed by atoms with Gasteiger partial charge < -0.3 is 0 Å². The molecule has 2 saturated carbocycles. The molecule has 0 aliphatic heterocycles. The van der Waals surface area contributed by atoms with Crippen molar-refractivity contribution in [2.45, 2.75) is 81.9 Å². The maximum absolute atomic E-state index is 3.95. The molecule has 0 spiro atoms. The van der Waals surface area contributed by atoms with Crippen molar-refractivity contribution < 1.29 is 0 Å². The molecule has 0 aromatic carbocycles. The lowest BCUT2D eigenvalue weighted by Gasteiger charge is -2.27. The van der Waals surface area contributed by atoms with Gasteiger partial charge in [0.2, 0.25) is 0 Å². The molecule has 2 aliphatic rings.